The number of nitrogens with zero attached hydrogens (tertiary/aromatic N) is 2. The SMILES string of the molecule is COC(=O)C12CCC(CS(=O)(=O)NCc3noc(C)n3)(C1)OC2. The number of hydrogen-bond acceptors (Lipinski definition) is 8. The maximum atomic E-state index is 12.3. The predicted molar refractivity (Wildman–Crippen MR) is 76.6 cm³/mol. The van der Waals surface area contributed by atoms with Crippen molar-refractivity contribution in [3.63, 3.8) is 0 Å². The molecule has 0 aromatic carbocycles. The lowest BCUT2D eigenvalue weighted by Crippen LogP contribution is -2.40. The maximum Gasteiger partial charge on any atom is 0.314 e. The number of ether oxygens (including phenoxy) is 2. The monoisotopic (exact) mass is 345 g/mol. The third kappa shape index (κ3) is 3.10. The second-order valence-electron chi connectivity index (χ2n) is 6.23. The summed E-state index contributed by atoms with van der Waals surface area (Å²) in [6.07, 6.45) is 1.47. The first kappa shape index (κ1) is 16.3. The van der Waals surface area contributed by atoms with E-state index in [1.54, 1.807) is 6.92 Å². The van der Waals surface area contributed by atoms with Gasteiger partial charge in [0, 0.05) is 6.92 Å². The molecule has 1 N–H and O–H groups in total. The summed E-state index contributed by atoms with van der Waals surface area (Å²) in [5.41, 5.74) is -1.53. The van der Waals surface area contributed by atoms with Gasteiger partial charge in [-0.15, -0.1) is 0 Å². The molecule has 0 amide bonds. The fourth-order valence-electron chi connectivity index (χ4n) is 3.40. The van der Waals surface area contributed by atoms with Crippen LogP contribution in [0.1, 0.15) is 31.0 Å². The Morgan fingerprint density at radius 3 is 2.78 bits per heavy atom. The van der Waals surface area contributed by atoms with E-state index in [0.717, 1.165) is 0 Å². The van der Waals surface area contributed by atoms with Crippen LogP contribution in [0.5, 0.6) is 0 Å². The molecule has 1 aromatic heterocycles. The van der Waals surface area contributed by atoms with Gasteiger partial charge in [-0.2, -0.15) is 4.98 Å². The zero-order valence-corrected chi connectivity index (χ0v) is 13.8. The molecule has 2 aliphatic rings. The number of sulfonamides is 1. The number of methoxy groups -OCH3 is 1. The van der Waals surface area contributed by atoms with Gasteiger partial charge in [-0.05, 0) is 19.3 Å². The van der Waals surface area contributed by atoms with Gasteiger partial charge in [0.05, 0.1) is 37.0 Å². The molecule has 2 unspecified atom stereocenters. The van der Waals surface area contributed by atoms with Gasteiger partial charge in [0.2, 0.25) is 15.9 Å². The Morgan fingerprint density at radius 2 is 2.22 bits per heavy atom. The predicted octanol–water partition coefficient (Wildman–Crippen LogP) is -0.0903. The number of carbonyl (C=O) groups is 1. The molecule has 1 aliphatic carbocycles. The number of aromatic nitrogens is 2. The quantitative estimate of drug-likeness (QED) is 0.710. The molecule has 2 atom stereocenters. The molecule has 1 aromatic rings. The highest BCUT2D eigenvalue weighted by Gasteiger charge is 2.61. The second-order valence-corrected chi connectivity index (χ2v) is 8.04. The molecular formula is C13H19N3O6S. The van der Waals surface area contributed by atoms with Crippen LogP contribution in [0.25, 0.3) is 0 Å². The van der Waals surface area contributed by atoms with Crippen LogP contribution in [-0.4, -0.2) is 49.6 Å². The molecule has 10 heteroatoms. The van der Waals surface area contributed by atoms with Gasteiger partial charge in [0.15, 0.2) is 5.82 Å². The number of aryl methyl sites for hydroxylation is 1. The average molecular weight is 345 g/mol. The first-order valence-corrected chi connectivity index (χ1v) is 8.92. The second kappa shape index (κ2) is 5.53. The van der Waals surface area contributed by atoms with Gasteiger partial charge >= 0.3 is 5.97 Å². The molecule has 1 aliphatic heterocycles. The number of rotatable bonds is 6. The van der Waals surface area contributed by atoms with Crippen LogP contribution in [0.15, 0.2) is 4.52 Å². The number of fused-ring (bicyclic) bond motifs is 2. The normalized spacial score (nSPS) is 29.8. The lowest BCUT2D eigenvalue weighted by Gasteiger charge is -2.27. The largest absolute Gasteiger partial charge is 0.469 e. The van der Waals surface area contributed by atoms with E-state index >= 15 is 0 Å². The number of carbonyl (C=O) groups excluding carboxylic acids is 1. The summed E-state index contributed by atoms with van der Waals surface area (Å²) in [6, 6.07) is 0. The van der Waals surface area contributed by atoms with Gasteiger partial charge in [-0.3, -0.25) is 4.79 Å². The Labute approximate surface area is 133 Å². The van der Waals surface area contributed by atoms with Gasteiger partial charge < -0.3 is 14.0 Å². The van der Waals surface area contributed by atoms with Crippen molar-refractivity contribution in [3.8, 4) is 0 Å². The fourth-order valence-corrected chi connectivity index (χ4v) is 4.87. The van der Waals surface area contributed by atoms with Crippen molar-refractivity contribution in [1.82, 2.24) is 14.9 Å². The first-order valence-electron chi connectivity index (χ1n) is 7.27. The standard InChI is InChI=1S/C13H19N3O6S/c1-9-15-10(16-22-9)5-14-23(18,19)8-13-4-3-12(6-13,7-21-13)11(17)20-2/h14H,3-8H2,1-2H3. The Bertz CT molecular complexity index is 705. The molecule has 0 spiro atoms. The van der Waals surface area contributed by atoms with Crippen molar-refractivity contribution in [2.45, 2.75) is 38.3 Å². The van der Waals surface area contributed by atoms with Gasteiger partial charge in [-0.25, -0.2) is 13.1 Å². The molecule has 1 saturated carbocycles. The molecule has 1 saturated heterocycles. The summed E-state index contributed by atoms with van der Waals surface area (Å²) < 4.78 is 42.3. The summed E-state index contributed by atoms with van der Waals surface area (Å²) in [6.45, 7) is 1.79. The van der Waals surface area contributed by atoms with E-state index in [1.807, 2.05) is 0 Å². The zero-order chi connectivity index (χ0) is 16.7. The van der Waals surface area contributed by atoms with Gasteiger partial charge in [0.25, 0.3) is 0 Å². The molecule has 9 nitrogen and oxygen atoms in total. The van der Waals surface area contributed by atoms with Crippen LogP contribution >= 0.6 is 0 Å². The molecule has 0 radical (unpaired) electrons. The fraction of sp³-hybridized carbons (Fsp3) is 0.769. The van der Waals surface area contributed by atoms with Crippen LogP contribution in [-0.2, 0) is 30.8 Å². The minimum atomic E-state index is -3.61. The van der Waals surface area contributed by atoms with E-state index in [-0.39, 0.29) is 30.7 Å². The molecular weight excluding hydrogens is 326 g/mol. The summed E-state index contributed by atoms with van der Waals surface area (Å²) in [5.74, 6) is 0.113. The van der Waals surface area contributed by atoms with E-state index in [1.165, 1.54) is 7.11 Å². The average Bonchev–Trinajstić information content (AvgIpc) is 3.17. The van der Waals surface area contributed by atoms with Crippen molar-refractivity contribution in [2.24, 2.45) is 5.41 Å². The lowest BCUT2D eigenvalue weighted by molar-refractivity contribution is -0.154. The Balaban J connectivity index is 1.64. The highest BCUT2D eigenvalue weighted by Crippen LogP contribution is 2.53. The van der Waals surface area contributed by atoms with Crippen LogP contribution in [0, 0.1) is 12.3 Å². The van der Waals surface area contributed by atoms with Crippen molar-refractivity contribution < 1.29 is 27.2 Å². The highest BCUT2D eigenvalue weighted by molar-refractivity contribution is 7.89. The van der Waals surface area contributed by atoms with E-state index in [2.05, 4.69) is 14.9 Å². The number of hydrogen-bond donors (Lipinski definition) is 1. The Hall–Kier alpha value is -1.52. The minimum absolute atomic E-state index is 0.0438. The molecule has 2 heterocycles. The summed E-state index contributed by atoms with van der Waals surface area (Å²) in [4.78, 5) is 15.9. The van der Waals surface area contributed by atoms with Crippen LogP contribution in [0.4, 0.5) is 0 Å². The zero-order valence-electron chi connectivity index (χ0n) is 13.0. The molecule has 3 rings (SSSR count). The molecule has 2 bridgehead atoms. The number of esters is 1. The third-order valence-corrected chi connectivity index (χ3v) is 5.96. The Kier molecular flexibility index (Phi) is 3.93. The molecule has 23 heavy (non-hydrogen) atoms. The summed E-state index contributed by atoms with van der Waals surface area (Å²) >= 11 is 0. The minimum Gasteiger partial charge on any atom is -0.469 e. The molecule has 2 fully saturated rings. The first-order chi connectivity index (χ1) is 10.8. The van der Waals surface area contributed by atoms with E-state index in [9.17, 15) is 13.2 Å². The topological polar surface area (TPSA) is 121 Å². The maximum absolute atomic E-state index is 12.3. The van der Waals surface area contributed by atoms with E-state index < -0.39 is 21.0 Å². The summed E-state index contributed by atoms with van der Waals surface area (Å²) in [7, 11) is -2.27. The van der Waals surface area contributed by atoms with Crippen LogP contribution in [0.2, 0.25) is 0 Å². The van der Waals surface area contributed by atoms with Crippen molar-refractivity contribution in [1.29, 1.82) is 0 Å². The Morgan fingerprint density at radius 1 is 1.43 bits per heavy atom. The van der Waals surface area contributed by atoms with Crippen molar-refractivity contribution in [3.05, 3.63) is 11.7 Å². The van der Waals surface area contributed by atoms with Gasteiger partial charge in [0.1, 0.15) is 0 Å². The number of nitrogens with one attached hydrogen (secondary N) is 1. The van der Waals surface area contributed by atoms with Crippen LogP contribution < -0.4 is 4.72 Å². The third-order valence-electron chi connectivity index (χ3n) is 4.47. The lowest BCUT2D eigenvalue weighted by atomic mass is 9.88. The summed E-state index contributed by atoms with van der Waals surface area (Å²) in [5, 5.41) is 3.64. The smallest absolute Gasteiger partial charge is 0.314 e. The van der Waals surface area contributed by atoms with Crippen LogP contribution in [0.3, 0.4) is 0 Å². The highest BCUT2D eigenvalue weighted by atomic mass is 32.2. The van der Waals surface area contributed by atoms with Crippen molar-refractivity contribution >= 4 is 16.0 Å². The van der Waals surface area contributed by atoms with Crippen molar-refractivity contribution in [2.75, 3.05) is 19.5 Å². The molecule has 128 valence electrons. The van der Waals surface area contributed by atoms with E-state index in [4.69, 9.17) is 14.0 Å². The van der Waals surface area contributed by atoms with Gasteiger partial charge in [-0.1, -0.05) is 5.16 Å². The van der Waals surface area contributed by atoms with E-state index in [0.29, 0.717) is 25.2 Å².